The minimum Gasteiger partial charge on any atom is -0.469 e. The maximum absolute atomic E-state index is 11.1. The first-order valence-electron chi connectivity index (χ1n) is 6.62. The summed E-state index contributed by atoms with van der Waals surface area (Å²) in [6.45, 7) is 2.12. The number of aryl methyl sites for hydroxylation is 1. The van der Waals surface area contributed by atoms with Crippen LogP contribution in [0.1, 0.15) is 19.1 Å². The van der Waals surface area contributed by atoms with Crippen LogP contribution in [0, 0.1) is 0 Å². The molecule has 2 heterocycles. The van der Waals surface area contributed by atoms with E-state index in [1.165, 1.54) is 0 Å². The lowest BCUT2D eigenvalue weighted by atomic mass is 10.1. The molecule has 20 heavy (non-hydrogen) atoms. The minimum atomic E-state index is -0.428. The topological polar surface area (TPSA) is 71.2 Å². The largest absolute Gasteiger partial charge is 0.469 e. The molecule has 0 bridgehead atoms. The molecular formula is C15H16N2O3. The average molecular weight is 272 g/mol. The lowest BCUT2D eigenvalue weighted by Crippen LogP contribution is -2.15. The summed E-state index contributed by atoms with van der Waals surface area (Å²) in [5, 5.41) is 3.40. The second-order valence-corrected chi connectivity index (χ2v) is 4.89. The van der Waals surface area contributed by atoms with Gasteiger partial charge >= 0.3 is 5.76 Å². The van der Waals surface area contributed by atoms with Crippen molar-refractivity contribution in [3.63, 3.8) is 0 Å². The predicted octanol–water partition coefficient (Wildman–Crippen LogP) is 3.15. The molecule has 2 N–H and O–H groups in total. The van der Waals surface area contributed by atoms with Crippen LogP contribution >= 0.6 is 0 Å². The normalized spacial score (nSPS) is 12.7. The highest BCUT2D eigenvalue weighted by molar-refractivity contribution is 5.76. The molecule has 0 aliphatic rings. The molecule has 0 fully saturated rings. The number of benzene rings is 1. The Morgan fingerprint density at radius 1 is 1.35 bits per heavy atom. The highest BCUT2D eigenvalue weighted by atomic mass is 16.4. The molecular weight excluding hydrogens is 256 g/mol. The van der Waals surface area contributed by atoms with Crippen molar-refractivity contribution in [1.29, 1.82) is 0 Å². The second kappa shape index (κ2) is 5.28. The van der Waals surface area contributed by atoms with E-state index >= 15 is 0 Å². The summed E-state index contributed by atoms with van der Waals surface area (Å²) >= 11 is 0. The van der Waals surface area contributed by atoms with Gasteiger partial charge in [-0.1, -0.05) is 0 Å². The van der Waals surface area contributed by atoms with Gasteiger partial charge in [-0.25, -0.2) is 4.79 Å². The third-order valence-electron chi connectivity index (χ3n) is 3.24. The van der Waals surface area contributed by atoms with Crippen molar-refractivity contribution in [2.75, 3.05) is 5.32 Å². The molecule has 0 aliphatic carbocycles. The lowest BCUT2D eigenvalue weighted by Gasteiger charge is -2.14. The van der Waals surface area contributed by atoms with Crippen LogP contribution in [0.25, 0.3) is 11.1 Å². The zero-order valence-corrected chi connectivity index (χ0v) is 11.2. The molecule has 0 saturated carbocycles. The van der Waals surface area contributed by atoms with Gasteiger partial charge in [0.25, 0.3) is 0 Å². The van der Waals surface area contributed by atoms with E-state index in [1.54, 1.807) is 12.3 Å². The standard InChI is InChI=1S/C15H16N2O3/c1-10(4-6-12-3-2-8-19-12)16-11-5-7-14-13(9-11)17-15(18)20-14/h2-3,5,7-10,16H,4,6H2,1H3,(H,17,18). The van der Waals surface area contributed by atoms with Gasteiger partial charge in [0.1, 0.15) is 5.76 Å². The summed E-state index contributed by atoms with van der Waals surface area (Å²) in [4.78, 5) is 13.8. The number of anilines is 1. The van der Waals surface area contributed by atoms with Gasteiger partial charge < -0.3 is 14.2 Å². The maximum Gasteiger partial charge on any atom is 0.417 e. The number of aromatic nitrogens is 1. The Morgan fingerprint density at radius 3 is 3.05 bits per heavy atom. The van der Waals surface area contributed by atoms with E-state index in [2.05, 4.69) is 17.2 Å². The Kier molecular flexibility index (Phi) is 3.33. The van der Waals surface area contributed by atoms with Gasteiger partial charge in [-0.2, -0.15) is 0 Å². The Labute approximate surface area is 115 Å². The fourth-order valence-electron chi connectivity index (χ4n) is 2.21. The maximum atomic E-state index is 11.1. The molecule has 0 spiro atoms. The highest BCUT2D eigenvalue weighted by Crippen LogP contribution is 2.18. The number of H-pyrrole nitrogens is 1. The van der Waals surface area contributed by atoms with E-state index in [1.807, 2.05) is 24.3 Å². The number of aromatic amines is 1. The zero-order valence-electron chi connectivity index (χ0n) is 11.2. The van der Waals surface area contributed by atoms with Gasteiger partial charge in [0.05, 0.1) is 11.8 Å². The number of nitrogens with one attached hydrogen (secondary N) is 2. The molecule has 5 heteroatoms. The predicted molar refractivity (Wildman–Crippen MR) is 76.9 cm³/mol. The molecule has 5 nitrogen and oxygen atoms in total. The van der Waals surface area contributed by atoms with E-state index in [4.69, 9.17) is 8.83 Å². The number of furan rings is 1. The quantitative estimate of drug-likeness (QED) is 0.748. The van der Waals surface area contributed by atoms with Crippen molar-refractivity contribution < 1.29 is 8.83 Å². The summed E-state index contributed by atoms with van der Waals surface area (Å²) < 4.78 is 10.3. The molecule has 3 aromatic rings. The molecule has 0 amide bonds. The van der Waals surface area contributed by atoms with Gasteiger partial charge in [0, 0.05) is 18.2 Å². The van der Waals surface area contributed by atoms with Gasteiger partial charge in [-0.15, -0.1) is 0 Å². The van der Waals surface area contributed by atoms with Crippen molar-refractivity contribution in [3.8, 4) is 0 Å². The first kappa shape index (κ1) is 12.6. The zero-order chi connectivity index (χ0) is 13.9. The van der Waals surface area contributed by atoms with E-state index in [-0.39, 0.29) is 0 Å². The Morgan fingerprint density at radius 2 is 2.25 bits per heavy atom. The van der Waals surface area contributed by atoms with Crippen LogP contribution in [0.15, 0.2) is 50.2 Å². The molecule has 104 valence electrons. The van der Waals surface area contributed by atoms with E-state index in [0.717, 1.165) is 24.3 Å². The van der Waals surface area contributed by atoms with Gasteiger partial charge in [0.2, 0.25) is 0 Å². The molecule has 0 aliphatic heterocycles. The number of hydrogen-bond acceptors (Lipinski definition) is 4. The summed E-state index contributed by atoms with van der Waals surface area (Å²) in [5.41, 5.74) is 2.24. The molecule has 1 aromatic carbocycles. The van der Waals surface area contributed by atoms with Crippen molar-refractivity contribution >= 4 is 16.8 Å². The monoisotopic (exact) mass is 272 g/mol. The Balaban J connectivity index is 1.64. The smallest absolute Gasteiger partial charge is 0.417 e. The molecule has 3 rings (SSSR count). The van der Waals surface area contributed by atoms with Crippen molar-refractivity contribution in [2.24, 2.45) is 0 Å². The molecule has 2 aromatic heterocycles. The van der Waals surface area contributed by atoms with E-state index < -0.39 is 5.76 Å². The van der Waals surface area contributed by atoms with Crippen LogP contribution in [0.5, 0.6) is 0 Å². The lowest BCUT2D eigenvalue weighted by molar-refractivity contribution is 0.495. The van der Waals surface area contributed by atoms with Gasteiger partial charge in [-0.05, 0) is 43.7 Å². The molecule has 0 radical (unpaired) electrons. The average Bonchev–Trinajstić information content (AvgIpc) is 3.04. The SMILES string of the molecule is CC(CCc1ccco1)Nc1ccc2oc(=O)[nH]c2c1. The Bertz CT molecular complexity index is 740. The van der Waals surface area contributed by atoms with Crippen LogP contribution < -0.4 is 11.1 Å². The highest BCUT2D eigenvalue weighted by Gasteiger charge is 2.06. The van der Waals surface area contributed by atoms with Crippen LogP contribution in [0.3, 0.4) is 0 Å². The fraction of sp³-hybridized carbons (Fsp3) is 0.267. The van der Waals surface area contributed by atoms with Crippen molar-refractivity contribution in [1.82, 2.24) is 4.98 Å². The van der Waals surface area contributed by atoms with Gasteiger partial charge in [0.15, 0.2) is 5.58 Å². The molecule has 1 unspecified atom stereocenters. The summed E-state index contributed by atoms with van der Waals surface area (Å²) in [7, 11) is 0. The number of rotatable bonds is 5. The molecule has 0 saturated heterocycles. The third-order valence-corrected chi connectivity index (χ3v) is 3.24. The van der Waals surface area contributed by atoms with Crippen LogP contribution in [0.2, 0.25) is 0 Å². The third kappa shape index (κ3) is 2.77. The Hall–Kier alpha value is -2.43. The fourth-order valence-corrected chi connectivity index (χ4v) is 2.21. The summed E-state index contributed by atoms with van der Waals surface area (Å²) in [6, 6.07) is 9.75. The first-order chi connectivity index (χ1) is 9.70. The number of oxazole rings is 1. The summed E-state index contributed by atoms with van der Waals surface area (Å²) in [5.74, 6) is 0.566. The van der Waals surface area contributed by atoms with Crippen LogP contribution in [0.4, 0.5) is 5.69 Å². The number of hydrogen-bond donors (Lipinski definition) is 2. The van der Waals surface area contributed by atoms with Gasteiger partial charge in [-0.3, -0.25) is 4.98 Å². The van der Waals surface area contributed by atoms with Crippen molar-refractivity contribution in [2.45, 2.75) is 25.8 Å². The minimum absolute atomic E-state index is 0.302. The second-order valence-electron chi connectivity index (χ2n) is 4.89. The van der Waals surface area contributed by atoms with E-state index in [9.17, 15) is 4.79 Å². The molecule has 1 atom stereocenters. The first-order valence-corrected chi connectivity index (χ1v) is 6.62. The van der Waals surface area contributed by atoms with E-state index in [0.29, 0.717) is 17.1 Å². The van der Waals surface area contributed by atoms with Crippen LogP contribution in [-0.4, -0.2) is 11.0 Å². The van der Waals surface area contributed by atoms with Crippen molar-refractivity contribution in [3.05, 3.63) is 52.9 Å². The summed E-state index contributed by atoms with van der Waals surface area (Å²) in [6.07, 6.45) is 3.55. The number of fused-ring (bicyclic) bond motifs is 1. The van der Waals surface area contributed by atoms with Crippen LogP contribution in [-0.2, 0) is 6.42 Å².